The van der Waals surface area contributed by atoms with Crippen LogP contribution in [0.1, 0.15) is 25.7 Å². The Labute approximate surface area is 106 Å². The van der Waals surface area contributed by atoms with Crippen LogP contribution in [0, 0.1) is 17.2 Å². The van der Waals surface area contributed by atoms with Crippen molar-refractivity contribution in [3.63, 3.8) is 0 Å². The number of esters is 1. The zero-order chi connectivity index (χ0) is 13.4. The van der Waals surface area contributed by atoms with E-state index in [2.05, 4.69) is 5.32 Å². The van der Waals surface area contributed by atoms with Crippen LogP contribution in [0.4, 0.5) is 0 Å². The van der Waals surface area contributed by atoms with Gasteiger partial charge in [-0.2, -0.15) is 5.26 Å². The van der Waals surface area contributed by atoms with Gasteiger partial charge in [0.1, 0.15) is 13.2 Å². The molecule has 0 aromatic rings. The van der Waals surface area contributed by atoms with Crippen LogP contribution in [0.3, 0.4) is 0 Å². The van der Waals surface area contributed by atoms with Crippen LogP contribution in [0.25, 0.3) is 0 Å². The molecule has 18 heavy (non-hydrogen) atoms. The maximum atomic E-state index is 11.3. The number of nitriles is 1. The number of ether oxygens (including phenoxy) is 2. The number of nitrogens with one attached hydrogen (secondary N) is 1. The topological polar surface area (TPSA) is 88.4 Å². The average molecular weight is 254 g/mol. The fraction of sp³-hybridized carbons (Fsp3) is 0.750. The normalized spacial score (nSPS) is 22.9. The van der Waals surface area contributed by atoms with Gasteiger partial charge in [0.05, 0.1) is 25.2 Å². The van der Waals surface area contributed by atoms with Crippen LogP contribution in [-0.2, 0) is 19.1 Å². The van der Waals surface area contributed by atoms with Crippen LogP contribution in [-0.4, -0.2) is 38.2 Å². The SMILES string of the molecule is COC(=O)C1CCC(OCC(=O)NCC#N)CC1. The Balaban J connectivity index is 2.18. The zero-order valence-corrected chi connectivity index (χ0v) is 10.5. The number of methoxy groups -OCH3 is 1. The molecular formula is C12H18N2O4. The quantitative estimate of drug-likeness (QED) is 0.566. The van der Waals surface area contributed by atoms with Crippen LogP contribution in [0.15, 0.2) is 0 Å². The summed E-state index contributed by atoms with van der Waals surface area (Å²) in [6.45, 7) is -0.0352. The first-order chi connectivity index (χ1) is 8.67. The first-order valence-electron chi connectivity index (χ1n) is 6.00. The van der Waals surface area contributed by atoms with Crippen molar-refractivity contribution in [3.05, 3.63) is 0 Å². The van der Waals surface area contributed by atoms with Crippen molar-refractivity contribution < 1.29 is 19.1 Å². The Morgan fingerprint density at radius 2 is 2.00 bits per heavy atom. The summed E-state index contributed by atoms with van der Waals surface area (Å²) in [4.78, 5) is 22.5. The predicted molar refractivity (Wildman–Crippen MR) is 62.3 cm³/mol. The minimum atomic E-state index is -0.286. The van der Waals surface area contributed by atoms with E-state index >= 15 is 0 Å². The van der Waals surface area contributed by atoms with E-state index in [-0.39, 0.29) is 37.0 Å². The molecule has 0 aliphatic heterocycles. The largest absolute Gasteiger partial charge is 0.469 e. The van der Waals surface area contributed by atoms with Crippen LogP contribution in [0.5, 0.6) is 0 Å². The van der Waals surface area contributed by atoms with Gasteiger partial charge in [-0.15, -0.1) is 0 Å². The van der Waals surface area contributed by atoms with Crippen LogP contribution >= 0.6 is 0 Å². The van der Waals surface area contributed by atoms with E-state index in [0.717, 1.165) is 25.7 Å². The Morgan fingerprint density at radius 3 is 2.56 bits per heavy atom. The molecule has 1 aliphatic carbocycles. The maximum absolute atomic E-state index is 11.3. The molecular weight excluding hydrogens is 236 g/mol. The number of nitrogens with zero attached hydrogens (tertiary/aromatic N) is 1. The van der Waals surface area contributed by atoms with Gasteiger partial charge in [-0.05, 0) is 25.7 Å². The molecule has 0 bridgehead atoms. The van der Waals surface area contributed by atoms with Crippen molar-refractivity contribution in [2.24, 2.45) is 5.92 Å². The zero-order valence-electron chi connectivity index (χ0n) is 10.5. The highest BCUT2D eigenvalue weighted by atomic mass is 16.5. The molecule has 1 saturated carbocycles. The second-order valence-electron chi connectivity index (χ2n) is 4.24. The summed E-state index contributed by atoms with van der Waals surface area (Å²) in [6.07, 6.45) is 2.99. The molecule has 0 radical (unpaired) electrons. The summed E-state index contributed by atoms with van der Waals surface area (Å²) < 4.78 is 10.1. The van der Waals surface area contributed by atoms with Gasteiger partial charge in [-0.3, -0.25) is 9.59 Å². The fourth-order valence-electron chi connectivity index (χ4n) is 2.01. The van der Waals surface area contributed by atoms with Gasteiger partial charge in [-0.1, -0.05) is 0 Å². The smallest absolute Gasteiger partial charge is 0.308 e. The Kier molecular flexibility index (Phi) is 6.15. The number of carbonyl (C=O) groups excluding carboxylic acids is 2. The summed E-state index contributed by atoms with van der Waals surface area (Å²) in [5.74, 6) is -0.492. The van der Waals surface area contributed by atoms with Gasteiger partial charge >= 0.3 is 5.97 Å². The van der Waals surface area contributed by atoms with Crippen LogP contribution in [0.2, 0.25) is 0 Å². The lowest BCUT2D eigenvalue weighted by molar-refractivity contribution is -0.148. The minimum absolute atomic E-state index is 0.00270. The molecule has 1 N–H and O–H groups in total. The molecule has 0 saturated heterocycles. The van der Waals surface area contributed by atoms with E-state index in [9.17, 15) is 9.59 Å². The van der Waals surface area contributed by atoms with E-state index in [1.54, 1.807) is 0 Å². The Hall–Kier alpha value is -1.61. The highest BCUT2D eigenvalue weighted by Crippen LogP contribution is 2.26. The van der Waals surface area contributed by atoms with Crippen molar-refractivity contribution >= 4 is 11.9 Å². The molecule has 0 aromatic heterocycles. The van der Waals surface area contributed by atoms with E-state index in [1.807, 2.05) is 6.07 Å². The van der Waals surface area contributed by atoms with E-state index in [4.69, 9.17) is 14.7 Å². The highest BCUT2D eigenvalue weighted by molar-refractivity contribution is 5.77. The van der Waals surface area contributed by atoms with Crippen molar-refractivity contribution in [1.82, 2.24) is 5.32 Å². The fourth-order valence-corrected chi connectivity index (χ4v) is 2.01. The lowest BCUT2D eigenvalue weighted by Crippen LogP contribution is -2.32. The third kappa shape index (κ3) is 4.72. The van der Waals surface area contributed by atoms with Gasteiger partial charge in [0.25, 0.3) is 0 Å². The molecule has 0 unspecified atom stereocenters. The molecule has 100 valence electrons. The lowest BCUT2D eigenvalue weighted by atomic mass is 9.87. The molecule has 1 aliphatic rings. The van der Waals surface area contributed by atoms with Gasteiger partial charge in [0, 0.05) is 0 Å². The highest BCUT2D eigenvalue weighted by Gasteiger charge is 2.27. The Morgan fingerprint density at radius 1 is 1.33 bits per heavy atom. The monoisotopic (exact) mass is 254 g/mol. The first kappa shape index (κ1) is 14.5. The van der Waals surface area contributed by atoms with Crippen molar-refractivity contribution in [2.75, 3.05) is 20.3 Å². The minimum Gasteiger partial charge on any atom is -0.469 e. The number of hydrogen-bond donors (Lipinski definition) is 1. The molecule has 0 atom stereocenters. The third-order valence-corrected chi connectivity index (χ3v) is 3.02. The molecule has 0 aromatic carbocycles. The van der Waals surface area contributed by atoms with Gasteiger partial charge in [-0.25, -0.2) is 0 Å². The summed E-state index contributed by atoms with van der Waals surface area (Å²) in [5.41, 5.74) is 0. The molecule has 1 amide bonds. The van der Waals surface area contributed by atoms with Crippen molar-refractivity contribution in [2.45, 2.75) is 31.8 Å². The van der Waals surface area contributed by atoms with Crippen LogP contribution < -0.4 is 5.32 Å². The Bertz CT molecular complexity index is 329. The molecule has 1 fully saturated rings. The van der Waals surface area contributed by atoms with Crippen molar-refractivity contribution in [1.29, 1.82) is 5.26 Å². The molecule has 6 heteroatoms. The van der Waals surface area contributed by atoms with E-state index < -0.39 is 0 Å². The first-order valence-corrected chi connectivity index (χ1v) is 6.00. The standard InChI is InChI=1S/C12H18N2O4/c1-17-12(16)9-2-4-10(5-3-9)18-8-11(15)14-7-6-13/h9-10H,2-5,7-8H2,1H3,(H,14,15). The number of hydrogen-bond acceptors (Lipinski definition) is 5. The summed E-state index contributed by atoms with van der Waals surface area (Å²) in [5, 5.41) is 10.7. The second-order valence-corrected chi connectivity index (χ2v) is 4.24. The third-order valence-electron chi connectivity index (χ3n) is 3.02. The number of amides is 1. The molecule has 1 rings (SSSR count). The summed E-state index contributed by atoms with van der Waals surface area (Å²) >= 11 is 0. The molecule has 6 nitrogen and oxygen atoms in total. The molecule has 0 spiro atoms. The second kappa shape index (κ2) is 7.67. The predicted octanol–water partition coefficient (Wildman–Crippen LogP) is 0.375. The van der Waals surface area contributed by atoms with E-state index in [1.165, 1.54) is 7.11 Å². The van der Waals surface area contributed by atoms with Gasteiger partial charge in [0.15, 0.2) is 0 Å². The lowest BCUT2D eigenvalue weighted by Gasteiger charge is -2.26. The van der Waals surface area contributed by atoms with E-state index in [0.29, 0.717) is 0 Å². The number of rotatable bonds is 5. The van der Waals surface area contributed by atoms with Gasteiger partial charge < -0.3 is 14.8 Å². The summed E-state index contributed by atoms with van der Waals surface area (Å²) in [6, 6.07) is 1.82. The maximum Gasteiger partial charge on any atom is 0.308 e. The summed E-state index contributed by atoms with van der Waals surface area (Å²) in [7, 11) is 1.39. The van der Waals surface area contributed by atoms with Crippen molar-refractivity contribution in [3.8, 4) is 6.07 Å². The average Bonchev–Trinajstić information content (AvgIpc) is 2.42. The van der Waals surface area contributed by atoms with Gasteiger partial charge in [0.2, 0.25) is 5.91 Å². The molecule has 0 heterocycles. The number of carbonyl (C=O) groups is 2.